The largest absolute Gasteiger partial charge is 0.465 e. The number of carbonyl (C=O) groups is 2. The van der Waals surface area contributed by atoms with Crippen molar-refractivity contribution in [3.05, 3.63) is 23.8 Å². The Morgan fingerprint density at radius 3 is 2.61 bits per heavy atom. The fraction of sp³-hybridized carbons (Fsp3) is 0.556. The smallest absolute Gasteiger partial charge is 0.337 e. The van der Waals surface area contributed by atoms with Gasteiger partial charge in [0.2, 0.25) is 5.91 Å². The first-order chi connectivity index (χ1) is 11.2. The third kappa shape index (κ3) is 4.71. The van der Waals surface area contributed by atoms with Crippen molar-refractivity contribution in [2.75, 3.05) is 30.4 Å². The second-order valence-corrected chi connectivity index (χ2v) is 5.92. The van der Waals surface area contributed by atoms with E-state index >= 15 is 0 Å². The highest BCUT2D eigenvalue weighted by molar-refractivity contribution is 5.98. The predicted molar refractivity (Wildman–Crippen MR) is 92.0 cm³/mol. The second-order valence-electron chi connectivity index (χ2n) is 5.92. The molecule has 0 aliphatic carbocycles. The van der Waals surface area contributed by atoms with Crippen LogP contribution in [0.25, 0.3) is 0 Å². The van der Waals surface area contributed by atoms with Crippen molar-refractivity contribution in [2.24, 2.45) is 0 Å². The lowest BCUT2D eigenvalue weighted by molar-refractivity contribution is -0.116. The fourth-order valence-corrected chi connectivity index (χ4v) is 2.86. The summed E-state index contributed by atoms with van der Waals surface area (Å²) in [5.41, 5.74) is 2.15. The van der Waals surface area contributed by atoms with Gasteiger partial charge in [0.25, 0.3) is 0 Å². The van der Waals surface area contributed by atoms with E-state index < -0.39 is 0 Å². The summed E-state index contributed by atoms with van der Waals surface area (Å²) in [6, 6.07) is 5.38. The number of methoxy groups -OCH3 is 1. The van der Waals surface area contributed by atoms with Gasteiger partial charge in [0, 0.05) is 19.5 Å². The lowest BCUT2D eigenvalue weighted by atomic mass is 10.1. The summed E-state index contributed by atoms with van der Waals surface area (Å²) >= 11 is 0. The molecule has 1 fully saturated rings. The highest BCUT2D eigenvalue weighted by Crippen LogP contribution is 2.30. The monoisotopic (exact) mass is 318 g/mol. The molecule has 1 aromatic rings. The van der Waals surface area contributed by atoms with Crippen LogP contribution in [0, 0.1) is 0 Å². The molecule has 1 amide bonds. The van der Waals surface area contributed by atoms with E-state index in [9.17, 15) is 9.59 Å². The van der Waals surface area contributed by atoms with Crippen LogP contribution in [0.4, 0.5) is 11.4 Å². The lowest BCUT2D eigenvalue weighted by Gasteiger charge is -2.22. The van der Waals surface area contributed by atoms with Gasteiger partial charge in [0.05, 0.1) is 24.0 Å². The molecule has 1 aromatic carbocycles. The minimum Gasteiger partial charge on any atom is -0.465 e. The highest BCUT2D eigenvalue weighted by Gasteiger charge is 2.19. The van der Waals surface area contributed by atoms with Crippen molar-refractivity contribution in [3.8, 4) is 0 Å². The molecule has 1 N–H and O–H groups in total. The molecule has 5 nitrogen and oxygen atoms in total. The first kappa shape index (κ1) is 17.3. The van der Waals surface area contributed by atoms with Gasteiger partial charge in [-0.1, -0.05) is 19.8 Å². The van der Waals surface area contributed by atoms with Crippen LogP contribution in [-0.4, -0.2) is 32.1 Å². The molecule has 0 radical (unpaired) electrons. The fourth-order valence-electron chi connectivity index (χ4n) is 2.86. The van der Waals surface area contributed by atoms with Gasteiger partial charge in [-0.15, -0.1) is 0 Å². The van der Waals surface area contributed by atoms with E-state index in [1.807, 2.05) is 6.07 Å². The van der Waals surface area contributed by atoms with Crippen LogP contribution >= 0.6 is 0 Å². The Hall–Kier alpha value is -2.04. The standard InChI is InChI=1S/C18H26N2O3/c1-3-4-5-8-17(21)19-15-13-14(18(22)23-2)9-10-16(15)20-11-6-7-12-20/h9-10,13H,3-8,11-12H2,1-2H3,(H,19,21). The number of hydrogen-bond acceptors (Lipinski definition) is 4. The summed E-state index contributed by atoms with van der Waals surface area (Å²) in [4.78, 5) is 26.2. The summed E-state index contributed by atoms with van der Waals surface area (Å²) in [5.74, 6) is -0.389. The number of benzene rings is 1. The Morgan fingerprint density at radius 2 is 1.96 bits per heavy atom. The van der Waals surface area contributed by atoms with E-state index in [1.54, 1.807) is 12.1 Å². The minimum absolute atomic E-state index is 0.000845. The molecular weight excluding hydrogens is 292 g/mol. The van der Waals surface area contributed by atoms with Gasteiger partial charge in [0.1, 0.15) is 0 Å². The van der Waals surface area contributed by atoms with Gasteiger partial charge < -0.3 is 15.0 Å². The summed E-state index contributed by atoms with van der Waals surface area (Å²) in [6.07, 6.45) is 5.85. The third-order valence-electron chi connectivity index (χ3n) is 4.15. The molecule has 0 saturated carbocycles. The number of esters is 1. The average molecular weight is 318 g/mol. The van der Waals surface area contributed by atoms with Crippen LogP contribution in [0.3, 0.4) is 0 Å². The van der Waals surface area contributed by atoms with E-state index in [0.29, 0.717) is 17.7 Å². The van der Waals surface area contributed by atoms with Gasteiger partial charge in [-0.25, -0.2) is 4.79 Å². The molecule has 23 heavy (non-hydrogen) atoms. The minimum atomic E-state index is -0.389. The molecule has 0 spiro atoms. The van der Waals surface area contributed by atoms with E-state index in [-0.39, 0.29) is 11.9 Å². The number of carbonyl (C=O) groups excluding carboxylic acids is 2. The molecule has 1 saturated heterocycles. The number of nitrogens with zero attached hydrogens (tertiary/aromatic N) is 1. The molecular formula is C18H26N2O3. The highest BCUT2D eigenvalue weighted by atomic mass is 16.5. The molecule has 1 heterocycles. The van der Waals surface area contributed by atoms with Crippen LogP contribution < -0.4 is 10.2 Å². The molecule has 0 atom stereocenters. The Morgan fingerprint density at radius 1 is 1.22 bits per heavy atom. The van der Waals surface area contributed by atoms with Crippen LogP contribution in [0.5, 0.6) is 0 Å². The van der Waals surface area contributed by atoms with Crippen molar-refractivity contribution in [3.63, 3.8) is 0 Å². The average Bonchev–Trinajstić information content (AvgIpc) is 3.08. The summed E-state index contributed by atoms with van der Waals surface area (Å²) < 4.78 is 4.78. The zero-order valence-corrected chi connectivity index (χ0v) is 14.1. The van der Waals surface area contributed by atoms with Crippen molar-refractivity contribution in [1.82, 2.24) is 0 Å². The molecule has 1 aliphatic heterocycles. The molecule has 0 bridgehead atoms. The maximum absolute atomic E-state index is 12.2. The number of nitrogens with one attached hydrogen (secondary N) is 1. The Bertz CT molecular complexity index is 551. The van der Waals surface area contributed by atoms with Gasteiger partial charge in [-0.3, -0.25) is 4.79 Å². The van der Waals surface area contributed by atoms with Crippen molar-refractivity contribution in [2.45, 2.75) is 45.4 Å². The SMILES string of the molecule is CCCCCC(=O)Nc1cc(C(=O)OC)ccc1N1CCCC1. The number of amides is 1. The van der Waals surface area contributed by atoms with Crippen molar-refractivity contribution >= 4 is 23.3 Å². The van der Waals surface area contributed by atoms with Gasteiger partial charge in [-0.2, -0.15) is 0 Å². The van der Waals surface area contributed by atoms with Crippen molar-refractivity contribution in [1.29, 1.82) is 0 Å². The normalized spacial score (nSPS) is 13.9. The molecule has 0 aromatic heterocycles. The summed E-state index contributed by atoms with van der Waals surface area (Å²) in [7, 11) is 1.36. The maximum atomic E-state index is 12.2. The molecule has 126 valence electrons. The van der Waals surface area contributed by atoms with Crippen LogP contribution in [-0.2, 0) is 9.53 Å². The van der Waals surface area contributed by atoms with Crippen LogP contribution in [0.15, 0.2) is 18.2 Å². The summed E-state index contributed by atoms with van der Waals surface area (Å²) in [5, 5.41) is 2.98. The lowest BCUT2D eigenvalue weighted by Crippen LogP contribution is -2.21. The number of rotatable bonds is 7. The van der Waals surface area contributed by atoms with E-state index in [1.165, 1.54) is 7.11 Å². The van der Waals surface area contributed by atoms with Gasteiger partial charge >= 0.3 is 5.97 Å². The van der Waals surface area contributed by atoms with Crippen LogP contribution in [0.2, 0.25) is 0 Å². The number of ether oxygens (including phenoxy) is 1. The first-order valence-electron chi connectivity index (χ1n) is 8.43. The predicted octanol–water partition coefficient (Wildman–Crippen LogP) is 3.59. The zero-order chi connectivity index (χ0) is 16.7. The third-order valence-corrected chi connectivity index (χ3v) is 4.15. The first-order valence-corrected chi connectivity index (χ1v) is 8.43. The molecule has 5 heteroatoms. The van der Waals surface area contributed by atoms with E-state index in [0.717, 1.165) is 50.9 Å². The molecule has 0 unspecified atom stereocenters. The van der Waals surface area contributed by atoms with Crippen molar-refractivity contribution < 1.29 is 14.3 Å². The van der Waals surface area contributed by atoms with E-state index in [2.05, 4.69) is 17.1 Å². The van der Waals surface area contributed by atoms with Crippen LogP contribution in [0.1, 0.15) is 55.8 Å². The Labute approximate surface area is 138 Å². The maximum Gasteiger partial charge on any atom is 0.337 e. The number of unbranched alkanes of at least 4 members (excludes halogenated alkanes) is 2. The van der Waals surface area contributed by atoms with E-state index in [4.69, 9.17) is 4.74 Å². The van der Waals surface area contributed by atoms with Gasteiger partial charge in [-0.05, 0) is 37.5 Å². The van der Waals surface area contributed by atoms with Gasteiger partial charge in [0.15, 0.2) is 0 Å². The quantitative estimate of drug-likeness (QED) is 0.616. The Balaban J connectivity index is 2.17. The molecule has 1 aliphatic rings. The topological polar surface area (TPSA) is 58.6 Å². The number of anilines is 2. The zero-order valence-electron chi connectivity index (χ0n) is 14.1. The summed E-state index contributed by atoms with van der Waals surface area (Å²) in [6.45, 7) is 4.08. The second kappa shape index (κ2) is 8.56. The Kier molecular flexibility index (Phi) is 6.44. The molecule has 2 rings (SSSR count). The number of hydrogen-bond donors (Lipinski definition) is 1.